The molecular formula is C3H10O2PS2Sb. The van der Waals surface area contributed by atoms with Gasteiger partial charge in [-0.05, 0) is 11.8 Å². The van der Waals surface area contributed by atoms with E-state index in [9.17, 15) is 0 Å². The number of hydrogen-bond donors (Lipinski definition) is 2. The first kappa shape index (κ1) is 13.1. The monoisotopic (exact) mass is 294 g/mol. The summed E-state index contributed by atoms with van der Waals surface area (Å²) in [5.41, 5.74) is -3.00. The van der Waals surface area contributed by atoms with E-state index in [1.54, 1.807) is 6.08 Å². The van der Waals surface area contributed by atoms with Crippen LogP contribution in [0, 0.1) is 0 Å². The van der Waals surface area contributed by atoms with Crippen molar-refractivity contribution in [2.75, 3.05) is 5.75 Å². The zero-order valence-electron chi connectivity index (χ0n) is 4.86. The van der Waals surface area contributed by atoms with Crippen LogP contribution in [0.4, 0.5) is 0 Å². The van der Waals surface area contributed by atoms with E-state index in [1.165, 1.54) is 0 Å². The summed E-state index contributed by atoms with van der Waals surface area (Å²) >= 11 is 5.24. The van der Waals surface area contributed by atoms with Gasteiger partial charge in [0.2, 0.25) is 5.69 Å². The van der Waals surface area contributed by atoms with E-state index in [-0.39, 0.29) is 24.4 Å². The predicted octanol–water partition coefficient (Wildman–Crippen LogP) is -0.0692. The molecule has 0 aromatic rings. The zero-order chi connectivity index (χ0) is 6.62. The molecule has 0 rings (SSSR count). The molecule has 0 aromatic heterocycles. The zero-order valence-corrected chi connectivity index (χ0v) is 11.4. The molecule has 0 aliphatic carbocycles. The van der Waals surface area contributed by atoms with Crippen LogP contribution in [0.1, 0.15) is 0 Å². The van der Waals surface area contributed by atoms with Gasteiger partial charge < -0.3 is 9.79 Å². The van der Waals surface area contributed by atoms with E-state index in [0.717, 1.165) is 11.4 Å². The fourth-order valence-corrected chi connectivity index (χ4v) is 1.90. The van der Waals surface area contributed by atoms with Crippen LogP contribution in [0.25, 0.3) is 0 Å². The predicted molar refractivity (Wildman–Crippen MR) is 51.3 cm³/mol. The topological polar surface area (TPSA) is 40.5 Å². The minimum atomic E-state index is -3.00. The maximum absolute atomic E-state index is 8.55. The Kier molecular flexibility index (Phi) is 9.03. The summed E-state index contributed by atoms with van der Waals surface area (Å²) in [4.78, 5) is 17.1. The first-order valence-corrected chi connectivity index (χ1v) is 6.17. The van der Waals surface area contributed by atoms with Crippen LogP contribution < -0.4 is 0 Å². The molecule has 6 heteroatoms. The Morgan fingerprint density at radius 3 is 2.22 bits per heavy atom. The molecule has 0 aromatic carbocycles. The number of hydrogen-bond acceptors (Lipinski definition) is 2. The molecule has 0 saturated carbocycles. The molecule has 0 radical (unpaired) electrons. The van der Waals surface area contributed by atoms with Crippen LogP contribution >= 0.6 is 17.1 Å². The van der Waals surface area contributed by atoms with Crippen molar-refractivity contribution in [3.63, 3.8) is 0 Å². The van der Waals surface area contributed by atoms with Gasteiger partial charge in [0.25, 0.3) is 0 Å². The van der Waals surface area contributed by atoms with Crippen LogP contribution in [0.3, 0.4) is 0 Å². The first-order chi connectivity index (χ1) is 3.56. The molecule has 0 spiro atoms. The SMILES string of the molecule is C=CCSP(O)(O)=S.[SbH3]. The van der Waals surface area contributed by atoms with Crippen molar-refractivity contribution in [3.05, 3.63) is 12.7 Å². The van der Waals surface area contributed by atoms with Crippen molar-refractivity contribution in [3.8, 4) is 0 Å². The second-order valence-electron chi connectivity index (χ2n) is 1.08. The quantitative estimate of drug-likeness (QED) is 0.434. The molecule has 2 nitrogen and oxygen atoms in total. The van der Waals surface area contributed by atoms with Crippen LogP contribution in [0.15, 0.2) is 12.7 Å². The number of rotatable bonds is 3. The van der Waals surface area contributed by atoms with Gasteiger partial charge in [-0.15, -0.1) is 6.58 Å². The standard InChI is InChI=1S/C3H7O2PS2.Sb.3H/c1-2-3-8-6(4,5)7;;;;/h2H,1,3H2,(H2,4,5,7);;;;. The van der Waals surface area contributed by atoms with Crippen molar-refractivity contribution in [2.45, 2.75) is 0 Å². The molecule has 2 N–H and O–H groups in total. The Labute approximate surface area is 81.1 Å². The Hall–Kier alpha value is 1.48. The normalized spacial score (nSPS) is 10.0. The molecule has 0 amide bonds. The van der Waals surface area contributed by atoms with Gasteiger partial charge in [0, 0.05) is 5.75 Å². The summed E-state index contributed by atoms with van der Waals surface area (Å²) < 4.78 is 0. The second kappa shape index (κ2) is 6.21. The van der Waals surface area contributed by atoms with E-state index >= 15 is 0 Å². The van der Waals surface area contributed by atoms with E-state index in [2.05, 4.69) is 18.4 Å². The molecular weight excluding hydrogens is 285 g/mol. The summed E-state index contributed by atoms with van der Waals surface area (Å²) in [6, 6.07) is 0. The third kappa shape index (κ3) is 12.6. The Morgan fingerprint density at radius 1 is 1.67 bits per heavy atom. The van der Waals surface area contributed by atoms with Crippen molar-refractivity contribution < 1.29 is 9.79 Å². The summed E-state index contributed by atoms with van der Waals surface area (Å²) in [7, 11) is 0. The van der Waals surface area contributed by atoms with Crippen LogP contribution in [0.5, 0.6) is 0 Å². The van der Waals surface area contributed by atoms with Gasteiger partial charge in [0.05, 0.1) is 0 Å². The van der Waals surface area contributed by atoms with Gasteiger partial charge in [-0.3, -0.25) is 0 Å². The van der Waals surface area contributed by atoms with Gasteiger partial charge in [-0.1, -0.05) is 17.5 Å². The molecule has 0 aliphatic rings. The van der Waals surface area contributed by atoms with Crippen molar-refractivity contribution in [1.29, 1.82) is 0 Å². The van der Waals surface area contributed by atoms with Crippen molar-refractivity contribution in [1.82, 2.24) is 0 Å². The molecule has 0 bridgehead atoms. The van der Waals surface area contributed by atoms with Gasteiger partial charge in [0.15, 0.2) is 0 Å². The molecule has 0 unspecified atom stereocenters. The van der Waals surface area contributed by atoms with E-state index < -0.39 is 5.69 Å². The molecule has 0 saturated heterocycles. The van der Waals surface area contributed by atoms with Crippen LogP contribution in [-0.4, -0.2) is 40.0 Å². The molecule has 9 heavy (non-hydrogen) atoms. The second-order valence-corrected chi connectivity index (χ2v) is 7.17. The summed E-state index contributed by atoms with van der Waals surface area (Å²) in [6.45, 7) is 3.39. The minimum absolute atomic E-state index is 0. The average Bonchev–Trinajstić information content (AvgIpc) is 1.59. The third-order valence-electron chi connectivity index (χ3n) is 0.361. The average molecular weight is 295 g/mol. The fraction of sp³-hybridized carbons (Fsp3) is 0.333. The Balaban J connectivity index is 0. The van der Waals surface area contributed by atoms with Gasteiger partial charge in [-0.2, -0.15) is 0 Å². The van der Waals surface area contributed by atoms with Gasteiger partial charge >= 0.3 is 24.4 Å². The Bertz CT molecular complexity index is 123. The van der Waals surface area contributed by atoms with Crippen molar-refractivity contribution >= 4 is 53.3 Å². The van der Waals surface area contributed by atoms with Gasteiger partial charge in [-0.25, -0.2) is 0 Å². The third-order valence-corrected chi connectivity index (χ3v) is 3.49. The van der Waals surface area contributed by atoms with E-state index in [1.807, 2.05) is 0 Å². The van der Waals surface area contributed by atoms with Crippen molar-refractivity contribution in [2.24, 2.45) is 0 Å². The fourth-order valence-electron chi connectivity index (χ4n) is 0.150. The summed E-state index contributed by atoms with van der Waals surface area (Å²) in [5, 5.41) is 0. The van der Waals surface area contributed by atoms with E-state index in [4.69, 9.17) is 9.79 Å². The van der Waals surface area contributed by atoms with Gasteiger partial charge in [0.1, 0.15) is 0 Å². The summed E-state index contributed by atoms with van der Waals surface area (Å²) in [6.07, 6.45) is 1.58. The molecule has 56 valence electrons. The molecule has 0 heterocycles. The first-order valence-electron chi connectivity index (χ1n) is 1.87. The molecule has 0 aliphatic heterocycles. The molecule has 0 atom stereocenters. The maximum atomic E-state index is 8.55. The Morgan fingerprint density at radius 2 is 2.11 bits per heavy atom. The molecule has 0 fully saturated rings. The van der Waals surface area contributed by atoms with E-state index in [0.29, 0.717) is 5.75 Å². The van der Waals surface area contributed by atoms with Crippen LogP contribution in [0.2, 0.25) is 0 Å². The summed E-state index contributed by atoms with van der Waals surface area (Å²) in [5.74, 6) is 0.504. The van der Waals surface area contributed by atoms with Crippen LogP contribution in [-0.2, 0) is 11.8 Å².